The van der Waals surface area contributed by atoms with Gasteiger partial charge < -0.3 is 19.5 Å². The minimum Gasteiger partial charge on any atom is -0.490 e. The number of hydrogen-bond acceptors (Lipinski definition) is 4. The maximum Gasteiger partial charge on any atom is 0.161 e. The first-order chi connectivity index (χ1) is 9.42. The molecule has 1 fully saturated rings. The van der Waals surface area contributed by atoms with E-state index in [9.17, 15) is 0 Å². The van der Waals surface area contributed by atoms with Gasteiger partial charge in [0, 0.05) is 26.1 Å². The lowest BCUT2D eigenvalue weighted by Crippen LogP contribution is -2.36. The normalized spacial score (nSPS) is 26.1. The molecule has 2 aliphatic heterocycles. The van der Waals surface area contributed by atoms with Crippen molar-refractivity contribution in [3.05, 3.63) is 24.3 Å². The third-order valence-corrected chi connectivity index (χ3v) is 3.61. The summed E-state index contributed by atoms with van der Waals surface area (Å²) in [7, 11) is 0. The van der Waals surface area contributed by atoms with E-state index in [1.807, 2.05) is 24.3 Å². The molecule has 0 bridgehead atoms. The van der Waals surface area contributed by atoms with Crippen LogP contribution in [-0.2, 0) is 4.74 Å². The Balaban J connectivity index is 1.48. The molecule has 4 nitrogen and oxygen atoms in total. The van der Waals surface area contributed by atoms with Gasteiger partial charge in [-0.3, -0.25) is 0 Å². The Morgan fingerprint density at radius 3 is 2.68 bits per heavy atom. The molecule has 2 atom stereocenters. The fourth-order valence-electron chi connectivity index (χ4n) is 2.56. The van der Waals surface area contributed by atoms with Crippen LogP contribution in [0.3, 0.4) is 0 Å². The molecule has 1 aromatic carbocycles. The van der Waals surface area contributed by atoms with Gasteiger partial charge in [0.2, 0.25) is 0 Å². The van der Waals surface area contributed by atoms with E-state index in [1.165, 1.54) is 12.8 Å². The van der Waals surface area contributed by atoms with E-state index in [0.717, 1.165) is 37.6 Å². The van der Waals surface area contributed by atoms with Crippen molar-refractivity contribution >= 4 is 0 Å². The maximum absolute atomic E-state index is 5.99. The van der Waals surface area contributed by atoms with Crippen LogP contribution >= 0.6 is 0 Å². The van der Waals surface area contributed by atoms with Crippen LogP contribution in [0.5, 0.6) is 11.5 Å². The monoisotopic (exact) mass is 263 g/mol. The van der Waals surface area contributed by atoms with Gasteiger partial charge in [0.1, 0.15) is 6.10 Å². The highest BCUT2D eigenvalue weighted by atomic mass is 16.5. The van der Waals surface area contributed by atoms with E-state index in [4.69, 9.17) is 14.2 Å². The summed E-state index contributed by atoms with van der Waals surface area (Å²) in [6.45, 7) is 3.39. The fraction of sp³-hybridized carbons (Fsp3) is 0.600. The Labute approximate surface area is 114 Å². The van der Waals surface area contributed by atoms with Gasteiger partial charge in [0.15, 0.2) is 11.5 Å². The van der Waals surface area contributed by atoms with Crippen LogP contribution in [0, 0.1) is 0 Å². The van der Waals surface area contributed by atoms with Crippen LogP contribution in [0.1, 0.15) is 19.3 Å². The summed E-state index contributed by atoms with van der Waals surface area (Å²) >= 11 is 0. The standard InChI is InChI=1S/C15H21NO3/c1-2-6-15-14(5-1)18-9-7-13(19-15)11-16-10-12-4-3-8-17-12/h1-2,5-6,12-13,16H,3-4,7-11H2. The van der Waals surface area contributed by atoms with Crippen LogP contribution < -0.4 is 14.8 Å². The molecule has 0 spiro atoms. The molecule has 19 heavy (non-hydrogen) atoms. The quantitative estimate of drug-likeness (QED) is 0.901. The van der Waals surface area contributed by atoms with Crippen molar-refractivity contribution in [2.45, 2.75) is 31.5 Å². The molecule has 0 aliphatic carbocycles. The second kappa shape index (κ2) is 6.26. The lowest BCUT2D eigenvalue weighted by Gasteiger charge is -2.18. The van der Waals surface area contributed by atoms with Crippen LogP contribution in [0.15, 0.2) is 24.3 Å². The first-order valence-electron chi connectivity index (χ1n) is 7.12. The molecule has 4 heteroatoms. The molecular weight excluding hydrogens is 242 g/mol. The minimum absolute atomic E-state index is 0.171. The molecule has 0 saturated carbocycles. The highest BCUT2D eigenvalue weighted by Crippen LogP contribution is 2.30. The maximum atomic E-state index is 5.99. The third kappa shape index (κ3) is 3.39. The Morgan fingerprint density at radius 1 is 1.00 bits per heavy atom. The van der Waals surface area contributed by atoms with E-state index in [-0.39, 0.29) is 6.10 Å². The van der Waals surface area contributed by atoms with Crippen molar-refractivity contribution < 1.29 is 14.2 Å². The van der Waals surface area contributed by atoms with Gasteiger partial charge in [-0.05, 0) is 25.0 Å². The smallest absolute Gasteiger partial charge is 0.161 e. The summed E-state index contributed by atoms with van der Waals surface area (Å²) < 4.78 is 17.3. The molecule has 1 N–H and O–H groups in total. The van der Waals surface area contributed by atoms with E-state index in [2.05, 4.69) is 5.32 Å². The largest absolute Gasteiger partial charge is 0.490 e. The van der Waals surface area contributed by atoms with Crippen molar-refractivity contribution in [3.63, 3.8) is 0 Å². The summed E-state index contributed by atoms with van der Waals surface area (Å²) in [5.41, 5.74) is 0. The molecule has 3 rings (SSSR count). The molecule has 104 valence electrons. The van der Waals surface area contributed by atoms with Gasteiger partial charge in [-0.25, -0.2) is 0 Å². The average molecular weight is 263 g/mol. The molecule has 2 aliphatic rings. The number of ether oxygens (including phenoxy) is 3. The predicted molar refractivity (Wildman–Crippen MR) is 72.8 cm³/mol. The van der Waals surface area contributed by atoms with Crippen molar-refractivity contribution in [1.29, 1.82) is 0 Å². The number of rotatable bonds is 4. The average Bonchev–Trinajstić information content (AvgIpc) is 2.85. The first-order valence-corrected chi connectivity index (χ1v) is 7.12. The van der Waals surface area contributed by atoms with Gasteiger partial charge in [-0.2, -0.15) is 0 Å². The van der Waals surface area contributed by atoms with Crippen LogP contribution in [0.2, 0.25) is 0 Å². The van der Waals surface area contributed by atoms with Gasteiger partial charge in [0.25, 0.3) is 0 Å². The summed E-state index contributed by atoms with van der Waals surface area (Å²) in [6, 6.07) is 7.87. The van der Waals surface area contributed by atoms with Gasteiger partial charge >= 0.3 is 0 Å². The van der Waals surface area contributed by atoms with Crippen molar-refractivity contribution in [2.24, 2.45) is 0 Å². The number of fused-ring (bicyclic) bond motifs is 1. The van der Waals surface area contributed by atoms with E-state index < -0.39 is 0 Å². The molecule has 0 amide bonds. The second-order valence-corrected chi connectivity index (χ2v) is 5.12. The van der Waals surface area contributed by atoms with E-state index in [0.29, 0.717) is 12.7 Å². The molecule has 0 aromatic heterocycles. The zero-order valence-electron chi connectivity index (χ0n) is 11.1. The number of benzene rings is 1. The molecule has 1 saturated heterocycles. The topological polar surface area (TPSA) is 39.7 Å². The fourth-order valence-corrected chi connectivity index (χ4v) is 2.56. The van der Waals surface area contributed by atoms with Gasteiger partial charge in [0.05, 0.1) is 12.7 Å². The van der Waals surface area contributed by atoms with Crippen LogP contribution in [0.4, 0.5) is 0 Å². The molecule has 2 heterocycles. The minimum atomic E-state index is 0.171. The highest BCUT2D eigenvalue weighted by molar-refractivity contribution is 5.40. The molecule has 1 aromatic rings. The van der Waals surface area contributed by atoms with E-state index >= 15 is 0 Å². The van der Waals surface area contributed by atoms with Gasteiger partial charge in [-0.1, -0.05) is 12.1 Å². The summed E-state index contributed by atoms with van der Waals surface area (Å²) in [6.07, 6.45) is 3.82. The van der Waals surface area contributed by atoms with Crippen LogP contribution in [0.25, 0.3) is 0 Å². The molecular formula is C15H21NO3. The van der Waals surface area contributed by atoms with E-state index in [1.54, 1.807) is 0 Å². The number of para-hydroxylation sites is 2. The van der Waals surface area contributed by atoms with Crippen molar-refractivity contribution in [2.75, 3.05) is 26.3 Å². The Kier molecular flexibility index (Phi) is 4.20. The lowest BCUT2D eigenvalue weighted by atomic mass is 10.2. The SMILES string of the molecule is c1ccc2c(c1)OCCC(CNCC1CCCO1)O2. The summed E-state index contributed by atoms with van der Waals surface area (Å²) in [5, 5.41) is 3.45. The number of hydrogen-bond donors (Lipinski definition) is 1. The molecule has 0 radical (unpaired) electrons. The Bertz CT molecular complexity index is 404. The second-order valence-electron chi connectivity index (χ2n) is 5.12. The zero-order chi connectivity index (χ0) is 12.9. The first kappa shape index (κ1) is 12.8. The third-order valence-electron chi connectivity index (χ3n) is 3.61. The highest BCUT2D eigenvalue weighted by Gasteiger charge is 2.19. The Morgan fingerprint density at radius 2 is 1.84 bits per heavy atom. The predicted octanol–water partition coefficient (Wildman–Crippen LogP) is 1.99. The lowest BCUT2D eigenvalue weighted by molar-refractivity contribution is 0.105. The number of nitrogens with one attached hydrogen (secondary N) is 1. The zero-order valence-corrected chi connectivity index (χ0v) is 11.1. The van der Waals surface area contributed by atoms with Crippen molar-refractivity contribution in [1.82, 2.24) is 5.32 Å². The summed E-state index contributed by atoms with van der Waals surface area (Å²) in [5.74, 6) is 1.70. The van der Waals surface area contributed by atoms with Crippen molar-refractivity contribution in [3.8, 4) is 11.5 Å². The van der Waals surface area contributed by atoms with Crippen LogP contribution in [-0.4, -0.2) is 38.5 Å². The molecule has 2 unspecified atom stereocenters. The Hall–Kier alpha value is -1.26. The van der Waals surface area contributed by atoms with Gasteiger partial charge in [-0.15, -0.1) is 0 Å². The summed E-state index contributed by atoms with van der Waals surface area (Å²) in [4.78, 5) is 0.